The molecule has 31 heavy (non-hydrogen) atoms. The minimum absolute atomic E-state index is 0.0216. The third kappa shape index (κ3) is 5.21. The molecule has 0 bridgehead atoms. The number of para-hydroxylation sites is 1. The Hall–Kier alpha value is -3.39. The van der Waals surface area contributed by atoms with Gasteiger partial charge in [-0.3, -0.25) is 9.69 Å². The van der Waals surface area contributed by atoms with Gasteiger partial charge in [-0.05, 0) is 63.6 Å². The number of likely N-dealkylation sites (tertiary alicyclic amines) is 1. The van der Waals surface area contributed by atoms with Gasteiger partial charge in [0.25, 0.3) is 0 Å². The third-order valence-corrected chi connectivity index (χ3v) is 5.19. The summed E-state index contributed by atoms with van der Waals surface area (Å²) in [6, 6.07) is 13.9. The normalized spacial score (nSPS) is 16.3. The first-order valence-corrected chi connectivity index (χ1v) is 10.3. The van der Waals surface area contributed by atoms with Crippen LogP contribution in [0.1, 0.15) is 36.0 Å². The number of rotatable bonds is 6. The molecule has 0 saturated carbocycles. The van der Waals surface area contributed by atoms with Gasteiger partial charge in [-0.1, -0.05) is 18.2 Å². The van der Waals surface area contributed by atoms with Gasteiger partial charge in [-0.25, -0.2) is 19.3 Å². The number of aryl methyl sites for hydroxylation is 2. The van der Waals surface area contributed by atoms with Gasteiger partial charge in [-0.2, -0.15) is 0 Å². The summed E-state index contributed by atoms with van der Waals surface area (Å²) in [6.07, 6.45) is 1.88. The maximum Gasteiger partial charge on any atom is 0.238 e. The quantitative estimate of drug-likeness (QED) is 0.623. The van der Waals surface area contributed by atoms with Gasteiger partial charge in [-0.15, -0.1) is 0 Å². The molecule has 1 amide bonds. The average Bonchev–Trinajstić information content (AvgIpc) is 3.17. The summed E-state index contributed by atoms with van der Waals surface area (Å²) in [5.74, 6) is 0.484. The maximum absolute atomic E-state index is 13.8. The van der Waals surface area contributed by atoms with Crippen LogP contribution in [0.15, 0.2) is 48.5 Å². The lowest BCUT2D eigenvalue weighted by Crippen LogP contribution is -2.33. The fraction of sp³-hybridized carbons (Fsp3) is 0.304. The van der Waals surface area contributed by atoms with Crippen molar-refractivity contribution in [3.63, 3.8) is 0 Å². The molecule has 1 fully saturated rings. The minimum atomic E-state index is -0.442. The van der Waals surface area contributed by atoms with E-state index in [1.165, 1.54) is 6.07 Å². The molecule has 2 N–H and O–H groups in total. The van der Waals surface area contributed by atoms with Crippen LogP contribution >= 0.6 is 0 Å². The average molecular weight is 420 g/mol. The van der Waals surface area contributed by atoms with Crippen molar-refractivity contribution in [3.8, 4) is 0 Å². The number of nitrogens with zero attached hydrogens (tertiary/aromatic N) is 4. The van der Waals surface area contributed by atoms with Gasteiger partial charge >= 0.3 is 0 Å². The van der Waals surface area contributed by atoms with Gasteiger partial charge < -0.3 is 10.6 Å². The van der Waals surface area contributed by atoms with Gasteiger partial charge in [0, 0.05) is 11.4 Å². The summed E-state index contributed by atoms with van der Waals surface area (Å²) in [5.41, 5.74) is 2.84. The smallest absolute Gasteiger partial charge is 0.238 e. The molecule has 1 unspecified atom stereocenters. The second-order valence-corrected chi connectivity index (χ2v) is 7.70. The second kappa shape index (κ2) is 9.18. The lowest BCUT2D eigenvalue weighted by Gasteiger charge is -2.24. The molecular weight excluding hydrogens is 395 g/mol. The predicted octanol–water partition coefficient (Wildman–Crippen LogP) is 4.15. The van der Waals surface area contributed by atoms with E-state index in [0.29, 0.717) is 11.8 Å². The number of anilines is 3. The van der Waals surface area contributed by atoms with Gasteiger partial charge in [0.1, 0.15) is 11.6 Å². The van der Waals surface area contributed by atoms with Crippen molar-refractivity contribution >= 4 is 23.4 Å². The largest absolute Gasteiger partial charge is 0.322 e. The summed E-state index contributed by atoms with van der Waals surface area (Å²) in [4.78, 5) is 28.1. The van der Waals surface area contributed by atoms with E-state index in [0.717, 1.165) is 36.5 Å². The van der Waals surface area contributed by atoms with Crippen molar-refractivity contribution in [2.75, 3.05) is 23.7 Å². The summed E-state index contributed by atoms with van der Waals surface area (Å²) in [7, 11) is 0. The molecule has 3 aromatic rings. The Morgan fingerprint density at radius 3 is 2.65 bits per heavy atom. The zero-order valence-electron chi connectivity index (χ0n) is 17.6. The summed E-state index contributed by atoms with van der Waals surface area (Å²) in [5, 5.41) is 5.83. The van der Waals surface area contributed by atoms with Crippen molar-refractivity contribution in [2.24, 2.45) is 0 Å². The molecule has 8 heteroatoms. The van der Waals surface area contributed by atoms with Crippen LogP contribution in [0.4, 0.5) is 21.8 Å². The van der Waals surface area contributed by atoms with Crippen LogP contribution in [0.25, 0.3) is 0 Å². The Labute approximate surface area is 180 Å². The standard InChI is InChI=1S/C23H25FN6O/c1-15-13-16(2)26-23(25-15)29-21-11-5-9-19(27-21)20-10-6-12-30(20)14-22(31)28-18-8-4-3-7-17(18)24/h3-5,7-9,11,13,20H,6,10,12,14H2,1-2H3,(H,28,31)(H,25,26,27,29). The molecule has 7 nitrogen and oxygen atoms in total. The van der Waals surface area contributed by atoms with Crippen molar-refractivity contribution < 1.29 is 9.18 Å². The lowest BCUT2D eigenvalue weighted by atomic mass is 10.1. The van der Waals surface area contributed by atoms with E-state index in [1.54, 1.807) is 18.2 Å². The number of nitrogens with one attached hydrogen (secondary N) is 2. The monoisotopic (exact) mass is 420 g/mol. The van der Waals surface area contributed by atoms with Crippen LogP contribution in [-0.4, -0.2) is 38.8 Å². The van der Waals surface area contributed by atoms with Gasteiger partial charge in [0.2, 0.25) is 11.9 Å². The van der Waals surface area contributed by atoms with E-state index in [-0.39, 0.29) is 24.2 Å². The number of hydrogen-bond donors (Lipinski definition) is 2. The van der Waals surface area contributed by atoms with Crippen LogP contribution in [0.5, 0.6) is 0 Å². The number of aromatic nitrogens is 3. The Balaban J connectivity index is 1.45. The third-order valence-electron chi connectivity index (χ3n) is 5.19. The van der Waals surface area contributed by atoms with Crippen molar-refractivity contribution in [1.82, 2.24) is 19.9 Å². The molecule has 3 heterocycles. The highest BCUT2D eigenvalue weighted by Gasteiger charge is 2.29. The molecule has 0 aliphatic carbocycles. The zero-order valence-corrected chi connectivity index (χ0v) is 17.6. The molecule has 1 aliphatic rings. The summed E-state index contributed by atoms with van der Waals surface area (Å²) >= 11 is 0. The predicted molar refractivity (Wildman–Crippen MR) is 118 cm³/mol. The molecule has 1 aromatic carbocycles. The molecule has 1 saturated heterocycles. The highest BCUT2D eigenvalue weighted by Crippen LogP contribution is 2.31. The van der Waals surface area contributed by atoms with Crippen LogP contribution in [-0.2, 0) is 4.79 Å². The van der Waals surface area contributed by atoms with Crippen molar-refractivity contribution in [3.05, 3.63) is 71.4 Å². The number of carbonyl (C=O) groups is 1. The zero-order chi connectivity index (χ0) is 21.8. The summed E-state index contributed by atoms with van der Waals surface area (Å²) < 4.78 is 13.8. The molecular formula is C23H25FN6O. The number of benzene rings is 1. The molecule has 0 radical (unpaired) electrons. The molecule has 4 rings (SSSR count). The van der Waals surface area contributed by atoms with Crippen LogP contribution in [0.3, 0.4) is 0 Å². The first-order chi connectivity index (χ1) is 15.0. The Bertz CT molecular complexity index is 1070. The fourth-order valence-corrected chi connectivity index (χ4v) is 3.89. The number of pyridine rings is 1. The van der Waals surface area contributed by atoms with Crippen LogP contribution in [0.2, 0.25) is 0 Å². The number of halogens is 1. The first kappa shape index (κ1) is 20.9. The molecule has 1 aliphatic heterocycles. The number of amides is 1. The molecule has 160 valence electrons. The van der Waals surface area contributed by atoms with E-state index in [2.05, 4.69) is 25.5 Å². The highest BCUT2D eigenvalue weighted by atomic mass is 19.1. The lowest BCUT2D eigenvalue weighted by molar-refractivity contribution is -0.117. The van der Waals surface area contributed by atoms with Crippen LogP contribution < -0.4 is 10.6 Å². The highest BCUT2D eigenvalue weighted by molar-refractivity contribution is 5.92. The van der Waals surface area contributed by atoms with E-state index in [4.69, 9.17) is 4.98 Å². The van der Waals surface area contributed by atoms with Gasteiger partial charge in [0.15, 0.2) is 0 Å². The summed E-state index contributed by atoms with van der Waals surface area (Å²) in [6.45, 7) is 4.81. The minimum Gasteiger partial charge on any atom is -0.322 e. The van der Waals surface area contributed by atoms with E-state index in [1.807, 2.05) is 38.1 Å². The number of carbonyl (C=O) groups excluding carboxylic acids is 1. The molecule has 1 atom stereocenters. The van der Waals surface area contributed by atoms with E-state index in [9.17, 15) is 9.18 Å². The van der Waals surface area contributed by atoms with Crippen molar-refractivity contribution in [1.29, 1.82) is 0 Å². The SMILES string of the molecule is Cc1cc(C)nc(Nc2cccc(C3CCCN3CC(=O)Nc3ccccc3F)n2)n1. The van der Waals surface area contributed by atoms with E-state index < -0.39 is 5.82 Å². The van der Waals surface area contributed by atoms with Gasteiger partial charge in [0.05, 0.1) is 24.0 Å². The molecule has 2 aromatic heterocycles. The Morgan fingerprint density at radius 1 is 1.10 bits per heavy atom. The second-order valence-electron chi connectivity index (χ2n) is 7.70. The maximum atomic E-state index is 13.8. The van der Waals surface area contributed by atoms with Crippen molar-refractivity contribution in [2.45, 2.75) is 32.7 Å². The molecule has 0 spiro atoms. The Kier molecular flexibility index (Phi) is 6.18. The first-order valence-electron chi connectivity index (χ1n) is 10.3. The Morgan fingerprint density at radius 2 is 1.87 bits per heavy atom. The van der Waals surface area contributed by atoms with E-state index >= 15 is 0 Å². The fourth-order valence-electron chi connectivity index (χ4n) is 3.89. The van der Waals surface area contributed by atoms with Crippen LogP contribution in [0, 0.1) is 19.7 Å². The topological polar surface area (TPSA) is 83.0 Å². The number of hydrogen-bond acceptors (Lipinski definition) is 6.